The fourth-order valence-corrected chi connectivity index (χ4v) is 3.83. The third kappa shape index (κ3) is 3.70. The monoisotopic (exact) mass is 404 g/mol. The first-order valence-corrected chi connectivity index (χ1v) is 8.27. The Kier molecular flexibility index (Phi) is 4.39. The summed E-state index contributed by atoms with van der Waals surface area (Å²) in [5, 5.41) is 1.57. The van der Waals surface area contributed by atoms with E-state index in [1.165, 1.54) is 17.4 Å². The number of hydrogen-bond acceptors (Lipinski definition) is 4. The summed E-state index contributed by atoms with van der Waals surface area (Å²) in [4.78, 5) is 6.44. The van der Waals surface area contributed by atoms with Crippen LogP contribution in [0.5, 0.6) is 0 Å². The minimum atomic E-state index is -4.36. The molecule has 1 aromatic carbocycles. The maximum Gasteiger partial charge on any atom is 0.416 e. The van der Waals surface area contributed by atoms with Crippen molar-refractivity contribution >= 4 is 27.3 Å². The zero-order valence-corrected chi connectivity index (χ0v) is 14.1. The molecule has 8 heteroatoms. The summed E-state index contributed by atoms with van der Waals surface area (Å²) >= 11 is 4.92. The molecule has 1 aliphatic heterocycles. The lowest BCUT2D eigenvalue weighted by Crippen LogP contribution is -2.23. The molecule has 1 atom stereocenters. The smallest absolute Gasteiger partial charge is 0.387 e. The summed E-state index contributed by atoms with van der Waals surface area (Å²) in [6.45, 7) is 0.196. The molecular weight excluding hydrogens is 393 g/mol. The van der Waals surface area contributed by atoms with Crippen LogP contribution in [0.3, 0.4) is 0 Å². The zero-order chi connectivity index (χ0) is 16.6. The van der Waals surface area contributed by atoms with Crippen LogP contribution in [0.25, 0.3) is 0 Å². The number of benzene rings is 1. The molecule has 0 radical (unpaired) electrons. The summed E-state index contributed by atoms with van der Waals surface area (Å²) < 4.78 is 39.4. The van der Waals surface area contributed by atoms with Crippen molar-refractivity contribution < 1.29 is 18.0 Å². The topological polar surface area (TPSA) is 38.5 Å². The molecule has 1 unspecified atom stereocenters. The van der Waals surface area contributed by atoms with E-state index in [0.29, 0.717) is 5.56 Å². The van der Waals surface area contributed by atoms with Gasteiger partial charge in [0.15, 0.2) is 0 Å². The Balaban J connectivity index is 1.82. The fourth-order valence-electron chi connectivity index (χ4n) is 2.33. The van der Waals surface area contributed by atoms with E-state index in [9.17, 15) is 13.2 Å². The number of hydrogen-bond donors (Lipinski definition) is 1. The first kappa shape index (κ1) is 16.4. The van der Waals surface area contributed by atoms with Crippen molar-refractivity contribution in [3.8, 4) is 0 Å². The van der Waals surface area contributed by atoms with Crippen LogP contribution in [0.1, 0.15) is 22.0 Å². The van der Waals surface area contributed by atoms with Gasteiger partial charge in [-0.2, -0.15) is 13.2 Å². The number of nitrogens with two attached hydrogens (primary N) is 1. The molecule has 2 N–H and O–H groups in total. The second-order valence-corrected chi connectivity index (χ2v) is 7.51. The summed E-state index contributed by atoms with van der Waals surface area (Å²) in [5.41, 5.74) is 5.55. The SMILES string of the molecule is NC1=CC(c2ccc(Br)s2)N(Cc2cccc(C(F)(F)F)c2)O1. The van der Waals surface area contributed by atoms with Gasteiger partial charge < -0.3 is 10.6 Å². The van der Waals surface area contributed by atoms with Gasteiger partial charge in [0.05, 0.1) is 15.9 Å². The summed E-state index contributed by atoms with van der Waals surface area (Å²) in [5.74, 6) is 0.242. The second kappa shape index (κ2) is 6.18. The Labute approximate surface area is 143 Å². The molecule has 23 heavy (non-hydrogen) atoms. The molecule has 1 aliphatic rings. The molecule has 122 valence electrons. The first-order chi connectivity index (χ1) is 10.8. The molecule has 0 amide bonds. The zero-order valence-electron chi connectivity index (χ0n) is 11.7. The highest BCUT2D eigenvalue weighted by Crippen LogP contribution is 2.37. The highest BCUT2D eigenvalue weighted by atomic mass is 79.9. The lowest BCUT2D eigenvalue weighted by Gasteiger charge is -2.22. The number of nitrogens with zero attached hydrogens (tertiary/aromatic N) is 1. The molecule has 3 nitrogen and oxygen atoms in total. The Morgan fingerprint density at radius 2 is 2.04 bits per heavy atom. The van der Waals surface area contributed by atoms with Gasteiger partial charge in [-0.25, -0.2) is 0 Å². The van der Waals surface area contributed by atoms with Crippen LogP contribution >= 0.6 is 27.3 Å². The van der Waals surface area contributed by atoms with Crippen LogP contribution in [0, 0.1) is 0 Å². The normalized spacial score (nSPS) is 18.8. The van der Waals surface area contributed by atoms with Gasteiger partial charge in [0.25, 0.3) is 0 Å². The maximum absolute atomic E-state index is 12.8. The van der Waals surface area contributed by atoms with Gasteiger partial charge >= 0.3 is 6.18 Å². The standard InChI is InChI=1S/C15H12BrF3N2OS/c16-13-5-4-12(23-13)11-7-14(20)22-21(11)8-9-2-1-3-10(6-9)15(17,18)19/h1-7,11H,8,20H2. The molecule has 0 saturated heterocycles. The van der Waals surface area contributed by atoms with Gasteiger partial charge in [-0.15, -0.1) is 16.4 Å². The van der Waals surface area contributed by atoms with E-state index in [-0.39, 0.29) is 18.5 Å². The predicted molar refractivity (Wildman–Crippen MR) is 85.1 cm³/mol. The largest absolute Gasteiger partial charge is 0.416 e. The highest BCUT2D eigenvalue weighted by Gasteiger charge is 2.32. The summed E-state index contributed by atoms with van der Waals surface area (Å²) in [7, 11) is 0. The molecule has 0 bridgehead atoms. The number of halogens is 4. The van der Waals surface area contributed by atoms with Gasteiger partial charge in [0.1, 0.15) is 6.04 Å². The number of alkyl halides is 3. The third-order valence-electron chi connectivity index (χ3n) is 3.33. The quantitative estimate of drug-likeness (QED) is 0.796. The average molecular weight is 405 g/mol. The van der Waals surface area contributed by atoms with Crippen molar-refractivity contribution in [3.05, 3.63) is 68.1 Å². The van der Waals surface area contributed by atoms with Gasteiger partial charge in [-0.05, 0) is 39.7 Å². The summed E-state index contributed by atoms with van der Waals surface area (Å²) in [6, 6.07) is 8.81. The fraction of sp³-hybridized carbons (Fsp3) is 0.200. The van der Waals surface area contributed by atoms with Gasteiger partial charge in [-0.1, -0.05) is 18.2 Å². The predicted octanol–water partition coefficient (Wildman–Crippen LogP) is 4.82. The van der Waals surface area contributed by atoms with Crippen LogP contribution < -0.4 is 5.73 Å². The van der Waals surface area contributed by atoms with Crippen LogP contribution in [0.4, 0.5) is 13.2 Å². The molecule has 2 heterocycles. The molecule has 0 spiro atoms. The summed E-state index contributed by atoms with van der Waals surface area (Å²) in [6.07, 6.45) is -2.62. The van der Waals surface area contributed by atoms with Crippen molar-refractivity contribution in [1.82, 2.24) is 5.06 Å². The molecule has 2 aromatic rings. The Bertz CT molecular complexity index is 744. The van der Waals surface area contributed by atoms with E-state index in [1.54, 1.807) is 17.2 Å². The van der Waals surface area contributed by atoms with Crippen molar-refractivity contribution in [3.63, 3.8) is 0 Å². The van der Waals surface area contributed by atoms with E-state index in [1.807, 2.05) is 12.1 Å². The van der Waals surface area contributed by atoms with Crippen LogP contribution in [-0.4, -0.2) is 5.06 Å². The first-order valence-electron chi connectivity index (χ1n) is 6.66. The van der Waals surface area contributed by atoms with Crippen molar-refractivity contribution in [2.45, 2.75) is 18.8 Å². The van der Waals surface area contributed by atoms with Crippen LogP contribution in [0.15, 0.2) is 52.1 Å². The van der Waals surface area contributed by atoms with E-state index >= 15 is 0 Å². The number of thiophene rings is 1. The number of hydroxylamine groups is 2. The number of rotatable bonds is 3. The van der Waals surface area contributed by atoms with Gasteiger partial charge in [0, 0.05) is 11.0 Å². The second-order valence-electron chi connectivity index (χ2n) is 5.02. The molecule has 0 saturated carbocycles. The molecular formula is C15H12BrF3N2OS. The lowest BCUT2D eigenvalue weighted by atomic mass is 10.1. The molecule has 1 aromatic heterocycles. The van der Waals surface area contributed by atoms with Gasteiger partial charge in [0.2, 0.25) is 5.88 Å². The lowest BCUT2D eigenvalue weighted by molar-refractivity contribution is -0.138. The molecule has 0 fully saturated rings. The van der Waals surface area contributed by atoms with Gasteiger partial charge in [-0.3, -0.25) is 0 Å². The van der Waals surface area contributed by atoms with Crippen molar-refractivity contribution in [2.75, 3.05) is 0 Å². The Morgan fingerprint density at radius 1 is 1.26 bits per heavy atom. The Morgan fingerprint density at radius 3 is 2.70 bits per heavy atom. The molecule has 0 aliphatic carbocycles. The van der Waals surface area contributed by atoms with Crippen molar-refractivity contribution in [1.29, 1.82) is 0 Å². The average Bonchev–Trinajstić information content (AvgIpc) is 3.04. The third-order valence-corrected chi connectivity index (χ3v) is 5.03. The van der Waals surface area contributed by atoms with Crippen molar-refractivity contribution in [2.24, 2.45) is 5.73 Å². The Hall–Kier alpha value is -1.51. The van der Waals surface area contributed by atoms with E-state index in [2.05, 4.69) is 15.9 Å². The minimum absolute atomic E-state index is 0.196. The maximum atomic E-state index is 12.8. The van der Waals surface area contributed by atoms with Crippen LogP contribution in [0.2, 0.25) is 0 Å². The van der Waals surface area contributed by atoms with E-state index in [0.717, 1.165) is 20.8 Å². The van der Waals surface area contributed by atoms with E-state index < -0.39 is 11.7 Å². The van der Waals surface area contributed by atoms with E-state index in [4.69, 9.17) is 10.6 Å². The molecule has 3 rings (SSSR count). The minimum Gasteiger partial charge on any atom is -0.387 e. The van der Waals surface area contributed by atoms with Crippen LogP contribution in [-0.2, 0) is 17.6 Å². The highest BCUT2D eigenvalue weighted by molar-refractivity contribution is 9.11.